The Labute approximate surface area is 213 Å². The third kappa shape index (κ3) is 9.70. The standard InChI is InChI=1S/C27H42O6Si2/c1-21(28)32-25-16-14-23(20-27(25)31-4)12-10-18-35(7,8)33-34(5,6)17-9-11-22-13-15-24(29-2)26(19-22)30-3/h13-16,19-20H,9-12,17-18H2,1-8H3. The number of benzene rings is 2. The fourth-order valence-corrected chi connectivity index (χ4v) is 13.3. The van der Waals surface area contributed by atoms with E-state index in [0.717, 1.165) is 49.3 Å². The molecule has 2 aromatic carbocycles. The lowest BCUT2D eigenvalue weighted by Crippen LogP contribution is -2.44. The molecule has 0 aliphatic rings. The first kappa shape index (κ1) is 28.9. The summed E-state index contributed by atoms with van der Waals surface area (Å²) < 4.78 is 28.2. The molecule has 0 fully saturated rings. The molecular formula is C27H42O6Si2. The fraction of sp³-hybridized carbons (Fsp3) is 0.519. The zero-order valence-corrected chi connectivity index (χ0v) is 24.7. The Hall–Kier alpha value is -2.30. The van der Waals surface area contributed by atoms with E-state index in [9.17, 15) is 4.79 Å². The van der Waals surface area contributed by atoms with Crippen molar-refractivity contribution in [1.82, 2.24) is 0 Å². The summed E-state index contributed by atoms with van der Waals surface area (Å²) in [6.45, 7) is 10.7. The van der Waals surface area contributed by atoms with Gasteiger partial charge in [0.2, 0.25) is 0 Å². The van der Waals surface area contributed by atoms with Gasteiger partial charge < -0.3 is 23.1 Å². The van der Waals surface area contributed by atoms with Gasteiger partial charge in [0.15, 0.2) is 39.6 Å². The highest BCUT2D eigenvalue weighted by molar-refractivity contribution is 6.84. The molecule has 0 unspecified atom stereocenters. The van der Waals surface area contributed by atoms with Gasteiger partial charge >= 0.3 is 5.97 Å². The molecule has 0 aliphatic carbocycles. The molecule has 2 rings (SSSR count). The van der Waals surface area contributed by atoms with Gasteiger partial charge in [-0.2, -0.15) is 0 Å². The molecule has 35 heavy (non-hydrogen) atoms. The molecule has 8 heteroatoms. The van der Waals surface area contributed by atoms with Crippen LogP contribution < -0.4 is 18.9 Å². The van der Waals surface area contributed by atoms with Crippen LogP contribution in [0.2, 0.25) is 38.3 Å². The fourth-order valence-electron chi connectivity index (χ4n) is 4.43. The quantitative estimate of drug-likeness (QED) is 0.159. The van der Waals surface area contributed by atoms with Crippen LogP contribution in [0.25, 0.3) is 0 Å². The van der Waals surface area contributed by atoms with Crippen LogP contribution in [-0.4, -0.2) is 43.9 Å². The third-order valence-corrected chi connectivity index (χ3v) is 13.5. The average Bonchev–Trinajstić information content (AvgIpc) is 2.78. The van der Waals surface area contributed by atoms with Gasteiger partial charge in [-0.3, -0.25) is 4.79 Å². The van der Waals surface area contributed by atoms with Crippen LogP contribution in [0.15, 0.2) is 36.4 Å². The van der Waals surface area contributed by atoms with Crippen LogP contribution in [0.5, 0.6) is 23.0 Å². The summed E-state index contributed by atoms with van der Waals surface area (Å²) in [7, 11) is 1.38. The number of rotatable bonds is 14. The van der Waals surface area contributed by atoms with E-state index >= 15 is 0 Å². The maximum atomic E-state index is 11.3. The molecular weight excluding hydrogens is 476 g/mol. The van der Waals surface area contributed by atoms with Crippen molar-refractivity contribution in [2.45, 2.75) is 70.9 Å². The maximum absolute atomic E-state index is 11.3. The van der Waals surface area contributed by atoms with Crippen molar-refractivity contribution in [1.29, 1.82) is 0 Å². The van der Waals surface area contributed by atoms with E-state index in [2.05, 4.69) is 38.3 Å². The second-order valence-electron chi connectivity index (χ2n) is 10.1. The summed E-state index contributed by atoms with van der Waals surface area (Å²) in [5, 5.41) is 0. The van der Waals surface area contributed by atoms with Crippen molar-refractivity contribution in [3.8, 4) is 23.0 Å². The van der Waals surface area contributed by atoms with Crippen LogP contribution in [0.3, 0.4) is 0 Å². The van der Waals surface area contributed by atoms with Crippen LogP contribution in [0.4, 0.5) is 0 Å². The molecule has 6 nitrogen and oxygen atoms in total. The molecule has 2 aromatic rings. The third-order valence-electron chi connectivity index (χ3n) is 5.97. The zero-order chi connectivity index (χ0) is 26.1. The number of hydrogen-bond donors (Lipinski definition) is 0. The van der Waals surface area contributed by atoms with Gasteiger partial charge in [0.05, 0.1) is 21.3 Å². The Morgan fingerprint density at radius 3 is 1.54 bits per heavy atom. The van der Waals surface area contributed by atoms with E-state index in [1.54, 1.807) is 21.3 Å². The Balaban J connectivity index is 1.84. The van der Waals surface area contributed by atoms with Crippen molar-refractivity contribution in [2.24, 2.45) is 0 Å². The van der Waals surface area contributed by atoms with Gasteiger partial charge in [0.25, 0.3) is 0 Å². The molecule has 0 saturated heterocycles. The molecule has 0 bridgehead atoms. The Kier molecular flexibility index (Phi) is 10.9. The van der Waals surface area contributed by atoms with E-state index < -0.39 is 16.6 Å². The topological polar surface area (TPSA) is 63.2 Å². The largest absolute Gasteiger partial charge is 0.493 e. The highest BCUT2D eigenvalue weighted by Crippen LogP contribution is 2.31. The van der Waals surface area contributed by atoms with Crippen molar-refractivity contribution >= 4 is 22.6 Å². The predicted octanol–water partition coefficient (Wildman–Crippen LogP) is 6.63. The SMILES string of the molecule is COc1ccc(CCC[Si](C)(C)O[Si](C)(C)CCCc2ccc(OC(C)=O)c(OC)c2)cc1OC. The predicted molar refractivity (Wildman–Crippen MR) is 146 cm³/mol. The van der Waals surface area contributed by atoms with E-state index in [-0.39, 0.29) is 5.97 Å². The molecule has 0 aliphatic heterocycles. The lowest BCUT2D eigenvalue weighted by molar-refractivity contribution is -0.132. The zero-order valence-electron chi connectivity index (χ0n) is 22.7. The molecule has 0 heterocycles. The first-order valence-corrected chi connectivity index (χ1v) is 18.5. The van der Waals surface area contributed by atoms with Gasteiger partial charge in [-0.25, -0.2) is 0 Å². The van der Waals surface area contributed by atoms with Gasteiger partial charge in [0.1, 0.15) is 0 Å². The first-order chi connectivity index (χ1) is 16.5. The Bertz CT molecular complexity index is 974. The van der Waals surface area contributed by atoms with Crippen LogP contribution >= 0.6 is 0 Å². The number of carbonyl (C=O) groups excluding carboxylic acids is 1. The summed E-state index contributed by atoms with van der Waals surface area (Å²) in [5.41, 5.74) is 2.44. The second kappa shape index (κ2) is 13.1. The molecule has 0 amide bonds. The molecule has 194 valence electrons. The lowest BCUT2D eigenvalue weighted by Gasteiger charge is -2.34. The van der Waals surface area contributed by atoms with Crippen LogP contribution in [0.1, 0.15) is 30.9 Å². The number of esters is 1. The molecule has 0 radical (unpaired) electrons. The van der Waals surface area contributed by atoms with Crippen molar-refractivity contribution in [3.05, 3.63) is 47.5 Å². The minimum Gasteiger partial charge on any atom is -0.493 e. The summed E-state index contributed by atoms with van der Waals surface area (Å²) >= 11 is 0. The van der Waals surface area contributed by atoms with Crippen molar-refractivity contribution < 1.29 is 27.9 Å². The summed E-state index contributed by atoms with van der Waals surface area (Å²) in [5.74, 6) is 2.25. The molecule has 0 saturated carbocycles. The molecule has 0 spiro atoms. The maximum Gasteiger partial charge on any atom is 0.308 e. The normalized spacial score (nSPS) is 11.8. The molecule has 0 aromatic heterocycles. The van der Waals surface area contributed by atoms with E-state index in [4.69, 9.17) is 23.1 Å². The summed E-state index contributed by atoms with van der Waals surface area (Å²) in [6.07, 6.45) is 4.12. The number of ether oxygens (including phenoxy) is 4. The van der Waals surface area contributed by atoms with Gasteiger partial charge in [0, 0.05) is 6.92 Å². The number of hydrogen-bond acceptors (Lipinski definition) is 6. The smallest absolute Gasteiger partial charge is 0.308 e. The van der Waals surface area contributed by atoms with Crippen molar-refractivity contribution in [3.63, 3.8) is 0 Å². The second-order valence-corrected chi connectivity index (χ2v) is 19.0. The van der Waals surface area contributed by atoms with E-state index in [1.165, 1.54) is 18.1 Å². The highest BCUT2D eigenvalue weighted by atomic mass is 28.4. The van der Waals surface area contributed by atoms with E-state index in [1.807, 2.05) is 24.3 Å². The number of aryl methyl sites for hydroxylation is 2. The van der Waals surface area contributed by atoms with E-state index in [0.29, 0.717) is 11.5 Å². The summed E-state index contributed by atoms with van der Waals surface area (Å²) in [4.78, 5) is 11.3. The Morgan fingerprint density at radius 1 is 0.686 bits per heavy atom. The average molecular weight is 519 g/mol. The van der Waals surface area contributed by atoms with Crippen LogP contribution in [0, 0.1) is 0 Å². The molecule has 0 atom stereocenters. The van der Waals surface area contributed by atoms with Gasteiger partial charge in [-0.05, 0) is 99.4 Å². The first-order valence-electron chi connectivity index (χ1n) is 12.2. The lowest BCUT2D eigenvalue weighted by atomic mass is 10.1. The van der Waals surface area contributed by atoms with Crippen molar-refractivity contribution in [2.75, 3.05) is 21.3 Å². The van der Waals surface area contributed by atoms with Gasteiger partial charge in [-0.15, -0.1) is 0 Å². The van der Waals surface area contributed by atoms with Crippen LogP contribution in [-0.2, 0) is 21.8 Å². The minimum atomic E-state index is -1.78. The number of carbonyl (C=O) groups is 1. The minimum absolute atomic E-state index is 0.351. The highest BCUT2D eigenvalue weighted by Gasteiger charge is 2.32. The summed E-state index contributed by atoms with van der Waals surface area (Å²) in [6, 6.07) is 14.2. The molecule has 0 N–H and O–H groups in total. The number of methoxy groups -OCH3 is 3. The van der Waals surface area contributed by atoms with Gasteiger partial charge in [-0.1, -0.05) is 12.1 Å². The Morgan fingerprint density at radius 2 is 1.11 bits per heavy atom. The monoisotopic (exact) mass is 518 g/mol.